The number of pyridine rings is 1. The molecule has 38 heavy (non-hydrogen) atoms. The average Bonchev–Trinajstić information content (AvgIpc) is 3.44. The SMILES string of the molecule is Cc1cc(COc2ccc(C(=O)N[C@@H]3CN(Cc4nccs4)CC[C@@H]3C(=O)NO)cc2)c2ccccc2n1. The number of piperidine rings is 1. The van der Waals surface area contributed by atoms with Crippen LogP contribution in [0.1, 0.15) is 33.0 Å². The Morgan fingerprint density at radius 3 is 2.76 bits per heavy atom. The molecule has 5 rings (SSSR count). The molecule has 0 unspecified atom stereocenters. The van der Waals surface area contributed by atoms with Crippen LogP contribution >= 0.6 is 11.3 Å². The van der Waals surface area contributed by atoms with Gasteiger partial charge in [-0.25, -0.2) is 10.5 Å². The number of ether oxygens (including phenoxy) is 1. The van der Waals surface area contributed by atoms with Crippen molar-refractivity contribution in [3.8, 4) is 5.75 Å². The highest BCUT2D eigenvalue weighted by atomic mass is 32.1. The van der Waals surface area contributed by atoms with Gasteiger partial charge in [-0.15, -0.1) is 11.3 Å². The summed E-state index contributed by atoms with van der Waals surface area (Å²) < 4.78 is 6.02. The minimum Gasteiger partial charge on any atom is -0.489 e. The highest BCUT2D eigenvalue weighted by Gasteiger charge is 2.35. The number of amides is 2. The highest BCUT2D eigenvalue weighted by molar-refractivity contribution is 7.09. The first-order valence-corrected chi connectivity index (χ1v) is 13.3. The topological polar surface area (TPSA) is 117 Å². The molecule has 10 heteroatoms. The molecule has 1 aliphatic rings. The lowest BCUT2D eigenvalue weighted by Gasteiger charge is -2.37. The van der Waals surface area contributed by atoms with Crippen molar-refractivity contribution >= 4 is 34.1 Å². The molecule has 0 aliphatic carbocycles. The number of rotatable bonds is 8. The van der Waals surface area contributed by atoms with E-state index in [0.717, 1.165) is 27.2 Å². The third-order valence-corrected chi connectivity index (χ3v) is 7.51. The standard InChI is InChI=1S/C28H29N5O4S/c1-18-14-20(22-4-2-3-5-24(22)30-18)17-37-21-8-6-19(7-9-21)27(34)31-25-15-33(16-26-29-11-13-38-26)12-10-23(25)28(35)32-36/h2-9,11,13-14,23,25,36H,10,12,15-17H2,1H3,(H,31,34)(H,32,35)/t23-,25+/m0/s1. The molecular formula is C28H29N5O4S. The Bertz CT molecular complexity index is 1410. The molecule has 0 radical (unpaired) electrons. The first-order chi connectivity index (χ1) is 18.5. The summed E-state index contributed by atoms with van der Waals surface area (Å²) >= 11 is 1.57. The van der Waals surface area contributed by atoms with Gasteiger partial charge in [0.25, 0.3) is 5.91 Å². The van der Waals surface area contributed by atoms with Crippen molar-refractivity contribution in [1.82, 2.24) is 25.7 Å². The number of hydrogen-bond donors (Lipinski definition) is 3. The molecule has 9 nitrogen and oxygen atoms in total. The van der Waals surface area contributed by atoms with Crippen LogP contribution in [-0.2, 0) is 17.9 Å². The third kappa shape index (κ3) is 5.99. The van der Waals surface area contributed by atoms with E-state index in [1.165, 1.54) is 0 Å². The van der Waals surface area contributed by atoms with Crippen LogP contribution in [0.5, 0.6) is 5.75 Å². The largest absolute Gasteiger partial charge is 0.489 e. The normalized spacial score (nSPS) is 17.7. The van der Waals surface area contributed by atoms with E-state index in [4.69, 9.17) is 4.74 Å². The van der Waals surface area contributed by atoms with Gasteiger partial charge in [0.1, 0.15) is 17.4 Å². The van der Waals surface area contributed by atoms with Crippen LogP contribution in [0.15, 0.2) is 66.2 Å². The Hall–Kier alpha value is -3.86. The fourth-order valence-corrected chi connectivity index (χ4v) is 5.52. The number of fused-ring (bicyclic) bond motifs is 1. The van der Waals surface area contributed by atoms with Gasteiger partial charge in [0.05, 0.1) is 24.0 Å². The Balaban J connectivity index is 1.23. The van der Waals surface area contributed by atoms with E-state index in [1.807, 2.05) is 42.6 Å². The summed E-state index contributed by atoms with van der Waals surface area (Å²) in [7, 11) is 0. The van der Waals surface area contributed by atoms with Gasteiger partial charge in [-0.2, -0.15) is 0 Å². The Morgan fingerprint density at radius 2 is 2.00 bits per heavy atom. The van der Waals surface area contributed by atoms with Crippen LogP contribution < -0.4 is 15.5 Å². The van der Waals surface area contributed by atoms with Crippen molar-refractivity contribution in [3.05, 3.63) is 88.0 Å². The van der Waals surface area contributed by atoms with Crippen molar-refractivity contribution in [3.63, 3.8) is 0 Å². The van der Waals surface area contributed by atoms with Crippen LogP contribution in [0.4, 0.5) is 0 Å². The summed E-state index contributed by atoms with van der Waals surface area (Å²) in [6.07, 6.45) is 2.28. The van der Waals surface area contributed by atoms with Crippen molar-refractivity contribution in [2.24, 2.45) is 5.92 Å². The molecule has 2 atom stereocenters. The Morgan fingerprint density at radius 1 is 1.18 bits per heavy atom. The molecule has 0 spiro atoms. The molecule has 0 bridgehead atoms. The number of carbonyl (C=O) groups excluding carboxylic acids is 2. The number of hydrogen-bond acceptors (Lipinski definition) is 8. The molecule has 2 amide bonds. The van der Waals surface area contributed by atoms with Crippen LogP contribution in [0.25, 0.3) is 10.9 Å². The van der Waals surface area contributed by atoms with Gasteiger partial charge < -0.3 is 10.1 Å². The van der Waals surface area contributed by atoms with E-state index in [1.54, 1.807) is 47.3 Å². The lowest BCUT2D eigenvalue weighted by atomic mass is 9.90. The van der Waals surface area contributed by atoms with Gasteiger partial charge in [-0.1, -0.05) is 18.2 Å². The molecular weight excluding hydrogens is 502 g/mol. The fourth-order valence-electron chi connectivity index (χ4n) is 4.86. The molecule has 196 valence electrons. The smallest absolute Gasteiger partial charge is 0.251 e. The second-order valence-corrected chi connectivity index (χ2v) is 10.3. The molecule has 2 aromatic carbocycles. The molecule has 1 aliphatic heterocycles. The van der Waals surface area contributed by atoms with E-state index in [2.05, 4.69) is 20.2 Å². The fraction of sp³-hybridized carbons (Fsp3) is 0.286. The zero-order valence-electron chi connectivity index (χ0n) is 21.0. The van der Waals surface area contributed by atoms with Crippen molar-refractivity contribution in [1.29, 1.82) is 0 Å². The Kier molecular flexibility index (Phi) is 7.92. The number of nitrogens with zero attached hydrogens (tertiary/aromatic N) is 3. The quantitative estimate of drug-likeness (QED) is 0.234. The minimum absolute atomic E-state index is 0.288. The molecule has 3 heterocycles. The lowest BCUT2D eigenvalue weighted by molar-refractivity contribution is -0.135. The Labute approximate surface area is 224 Å². The first kappa shape index (κ1) is 25.8. The molecule has 4 aromatic rings. The summed E-state index contributed by atoms with van der Waals surface area (Å²) in [5.74, 6) is -0.668. The summed E-state index contributed by atoms with van der Waals surface area (Å²) in [6.45, 7) is 4.13. The van der Waals surface area contributed by atoms with E-state index in [9.17, 15) is 14.8 Å². The zero-order chi connectivity index (χ0) is 26.5. The van der Waals surface area contributed by atoms with Gasteiger partial charge in [0.2, 0.25) is 5.91 Å². The summed E-state index contributed by atoms with van der Waals surface area (Å²) in [6, 6.07) is 16.5. The van der Waals surface area contributed by atoms with Crippen LogP contribution in [0, 0.1) is 12.8 Å². The number of nitrogens with one attached hydrogen (secondary N) is 2. The summed E-state index contributed by atoms with van der Waals surface area (Å²) in [4.78, 5) is 36.4. The number of aromatic nitrogens is 2. The van der Waals surface area contributed by atoms with Crippen molar-refractivity contribution in [2.45, 2.75) is 32.5 Å². The van der Waals surface area contributed by atoms with Gasteiger partial charge in [-0.3, -0.25) is 24.7 Å². The number of carbonyl (C=O) groups is 2. The highest BCUT2D eigenvalue weighted by Crippen LogP contribution is 2.23. The van der Waals surface area contributed by atoms with E-state index in [-0.39, 0.29) is 5.91 Å². The molecule has 3 N–H and O–H groups in total. The van der Waals surface area contributed by atoms with Crippen molar-refractivity contribution in [2.75, 3.05) is 13.1 Å². The number of para-hydroxylation sites is 1. The summed E-state index contributed by atoms with van der Waals surface area (Å²) in [5, 5.41) is 16.2. The van der Waals surface area contributed by atoms with Crippen LogP contribution in [0.3, 0.4) is 0 Å². The average molecular weight is 532 g/mol. The summed E-state index contributed by atoms with van der Waals surface area (Å²) in [5.41, 5.74) is 5.11. The van der Waals surface area contributed by atoms with Crippen LogP contribution in [-0.4, -0.2) is 51.0 Å². The first-order valence-electron chi connectivity index (χ1n) is 12.4. The number of hydroxylamine groups is 1. The minimum atomic E-state index is -0.530. The van der Waals surface area contributed by atoms with Gasteiger partial charge in [-0.05, 0) is 56.3 Å². The third-order valence-electron chi connectivity index (χ3n) is 6.74. The number of likely N-dealkylation sites (tertiary alicyclic amines) is 1. The van der Waals surface area contributed by atoms with Crippen molar-refractivity contribution < 1.29 is 19.5 Å². The molecule has 2 aromatic heterocycles. The maximum atomic E-state index is 13.1. The number of benzene rings is 2. The second kappa shape index (κ2) is 11.7. The zero-order valence-corrected chi connectivity index (χ0v) is 21.8. The molecule has 0 saturated carbocycles. The predicted octanol–water partition coefficient (Wildman–Crippen LogP) is 3.70. The van der Waals surface area contributed by atoms with Gasteiger partial charge in [0, 0.05) is 40.3 Å². The second-order valence-electron chi connectivity index (χ2n) is 9.37. The molecule has 1 fully saturated rings. The monoisotopic (exact) mass is 531 g/mol. The van der Waals surface area contributed by atoms with E-state index in [0.29, 0.717) is 44.0 Å². The van der Waals surface area contributed by atoms with Crippen LogP contribution in [0.2, 0.25) is 0 Å². The predicted molar refractivity (Wildman–Crippen MR) is 144 cm³/mol. The van der Waals surface area contributed by atoms with E-state index < -0.39 is 17.9 Å². The number of aryl methyl sites for hydroxylation is 1. The molecule has 1 saturated heterocycles. The maximum Gasteiger partial charge on any atom is 0.251 e. The van der Waals surface area contributed by atoms with E-state index >= 15 is 0 Å². The number of thiazole rings is 1. The lowest BCUT2D eigenvalue weighted by Crippen LogP contribution is -2.56. The van der Waals surface area contributed by atoms with Gasteiger partial charge >= 0.3 is 0 Å². The maximum absolute atomic E-state index is 13.1. The van der Waals surface area contributed by atoms with Gasteiger partial charge in [0.15, 0.2) is 0 Å².